The smallest absolute Gasteiger partial charge is 0.246 e. The second kappa shape index (κ2) is 8.16. The van der Waals surface area contributed by atoms with E-state index in [1.54, 1.807) is 4.68 Å². The molecule has 0 atom stereocenters. The number of carbonyl (C=O) groups excluding carboxylic acids is 1. The van der Waals surface area contributed by atoms with E-state index in [0.29, 0.717) is 12.5 Å². The molecule has 0 unspecified atom stereocenters. The van der Waals surface area contributed by atoms with Gasteiger partial charge in [0.05, 0.1) is 29.3 Å². The van der Waals surface area contributed by atoms with Crippen molar-refractivity contribution in [3.8, 4) is 0 Å². The summed E-state index contributed by atoms with van der Waals surface area (Å²) < 4.78 is 4.68. The molecule has 8 heteroatoms. The van der Waals surface area contributed by atoms with E-state index in [-0.39, 0.29) is 12.5 Å². The van der Waals surface area contributed by atoms with Gasteiger partial charge in [0, 0.05) is 16.1 Å². The van der Waals surface area contributed by atoms with E-state index in [1.165, 1.54) is 18.4 Å². The Morgan fingerprint density at radius 2 is 1.78 bits per heavy atom. The van der Waals surface area contributed by atoms with Gasteiger partial charge in [0.1, 0.15) is 6.54 Å². The fraction of sp³-hybridized carbons (Fsp3) is 0.333. The normalized spacial score (nSPS) is 13.6. The van der Waals surface area contributed by atoms with Crippen LogP contribution in [0.3, 0.4) is 0 Å². The lowest BCUT2D eigenvalue weighted by Crippen LogP contribution is -2.20. The maximum absolute atomic E-state index is 12.9. The second-order valence-electron chi connectivity index (χ2n) is 8.49. The van der Waals surface area contributed by atoms with E-state index in [1.807, 2.05) is 43.8 Å². The summed E-state index contributed by atoms with van der Waals surface area (Å²) >= 11 is 3.46. The van der Waals surface area contributed by atoms with E-state index in [0.717, 1.165) is 43.8 Å². The minimum Gasteiger partial charge on any atom is -0.321 e. The first-order valence-electron chi connectivity index (χ1n) is 10.8. The van der Waals surface area contributed by atoms with Crippen LogP contribution in [0, 0.1) is 20.8 Å². The molecular weight excluding hydrogens is 468 g/mol. The molecule has 32 heavy (non-hydrogen) atoms. The van der Waals surface area contributed by atoms with Gasteiger partial charge in [-0.05, 0) is 68.9 Å². The quantitative estimate of drug-likeness (QED) is 0.416. The van der Waals surface area contributed by atoms with Crippen LogP contribution < -0.4 is 5.32 Å². The fourth-order valence-corrected chi connectivity index (χ4v) is 4.53. The van der Waals surface area contributed by atoms with Crippen LogP contribution in [-0.2, 0) is 17.9 Å². The van der Waals surface area contributed by atoms with Crippen molar-refractivity contribution in [2.45, 2.75) is 52.6 Å². The molecule has 0 aliphatic heterocycles. The Labute approximate surface area is 195 Å². The molecule has 164 valence electrons. The Balaban J connectivity index is 1.35. The molecule has 0 bridgehead atoms. The van der Waals surface area contributed by atoms with E-state index >= 15 is 0 Å². The Kier molecular flexibility index (Phi) is 5.33. The minimum atomic E-state index is -0.137. The maximum atomic E-state index is 12.9. The van der Waals surface area contributed by atoms with Gasteiger partial charge in [-0.1, -0.05) is 28.1 Å². The van der Waals surface area contributed by atoms with Crippen molar-refractivity contribution in [1.29, 1.82) is 0 Å². The SMILES string of the molecule is Cc1nn(Cc2ccc(Br)cc2)c(C)c1NC(=O)Cn1nc(C)c2c(C3CC3)ccnc21. The topological polar surface area (TPSA) is 77.6 Å². The monoisotopic (exact) mass is 492 g/mol. The number of anilines is 1. The van der Waals surface area contributed by atoms with Gasteiger partial charge in [0.15, 0.2) is 5.65 Å². The van der Waals surface area contributed by atoms with Crippen molar-refractivity contribution >= 4 is 38.6 Å². The number of hydrogen-bond acceptors (Lipinski definition) is 4. The first-order chi connectivity index (χ1) is 15.4. The average Bonchev–Trinajstić information content (AvgIpc) is 3.53. The summed E-state index contributed by atoms with van der Waals surface area (Å²) in [5.74, 6) is 0.468. The minimum absolute atomic E-state index is 0.113. The summed E-state index contributed by atoms with van der Waals surface area (Å²) in [6, 6.07) is 10.2. The number of carbonyl (C=O) groups is 1. The number of aryl methyl sites for hydroxylation is 2. The summed E-state index contributed by atoms with van der Waals surface area (Å²) in [4.78, 5) is 17.5. The van der Waals surface area contributed by atoms with Crippen LogP contribution in [0.4, 0.5) is 5.69 Å². The number of fused-ring (bicyclic) bond motifs is 1. The van der Waals surface area contributed by atoms with Crippen molar-refractivity contribution in [2.75, 3.05) is 5.32 Å². The lowest BCUT2D eigenvalue weighted by molar-refractivity contribution is -0.116. The Morgan fingerprint density at radius 1 is 1.06 bits per heavy atom. The van der Waals surface area contributed by atoms with Gasteiger partial charge >= 0.3 is 0 Å². The van der Waals surface area contributed by atoms with E-state index in [2.05, 4.69) is 54.6 Å². The number of benzene rings is 1. The van der Waals surface area contributed by atoms with Gasteiger partial charge in [-0.25, -0.2) is 9.67 Å². The highest BCUT2D eigenvalue weighted by atomic mass is 79.9. The van der Waals surface area contributed by atoms with E-state index in [9.17, 15) is 4.79 Å². The number of nitrogens with zero attached hydrogens (tertiary/aromatic N) is 5. The van der Waals surface area contributed by atoms with Crippen LogP contribution in [0.1, 0.15) is 47.0 Å². The molecule has 1 aliphatic carbocycles. The highest BCUT2D eigenvalue weighted by molar-refractivity contribution is 9.10. The maximum Gasteiger partial charge on any atom is 0.246 e. The lowest BCUT2D eigenvalue weighted by atomic mass is 10.1. The molecule has 0 radical (unpaired) electrons. The van der Waals surface area contributed by atoms with Gasteiger partial charge in [-0.3, -0.25) is 9.48 Å². The molecule has 0 spiro atoms. The van der Waals surface area contributed by atoms with E-state index < -0.39 is 0 Å². The number of amides is 1. The molecular formula is C24H25BrN6O. The second-order valence-corrected chi connectivity index (χ2v) is 9.41. The molecule has 1 aliphatic rings. The fourth-order valence-electron chi connectivity index (χ4n) is 4.26. The van der Waals surface area contributed by atoms with Gasteiger partial charge in [-0.2, -0.15) is 10.2 Å². The molecule has 3 aromatic heterocycles. The third-order valence-corrected chi connectivity index (χ3v) is 6.57. The molecule has 1 fully saturated rings. The zero-order chi connectivity index (χ0) is 22.4. The van der Waals surface area contributed by atoms with Gasteiger partial charge in [0.25, 0.3) is 0 Å². The van der Waals surface area contributed by atoms with Crippen molar-refractivity contribution in [1.82, 2.24) is 24.5 Å². The molecule has 1 aromatic carbocycles. The van der Waals surface area contributed by atoms with Crippen LogP contribution in [0.15, 0.2) is 41.0 Å². The number of hydrogen-bond donors (Lipinski definition) is 1. The zero-order valence-electron chi connectivity index (χ0n) is 18.4. The number of halogens is 1. The predicted molar refractivity (Wildman–Crippen MR) is 128 cm³/mol. The summed E-state index contributed by atoms with van der Waals surface area (Å²) in [5, 5.41) is 13.4. The molecule has 1 N–H and O–H groups in total. The first kappa shape index (κ1) is 20.9. The standard InChI is InChI=1S/C24H25BrN6O/c1-14-22-20(18-6-7-18)10-11-26-24(22)31(28-14)13-21(32)27-23-15(2)29-30(16(23)3)12-17-4-8-19(25)9-5-17/h4-5,8-11,18H,6-7,12-13H2,1-3H3,(H,27,32). The summed E-state index contributed by atoms with van der Waals surface area (Å²) in [5.41, 5.74) is 6.64. The Hall–Kier alpha value is -3.00. The van der Waals surface area contributed by atoms with Gasteiger partial charge in [-0.15, -0.1) is 0 Å². The van der Waals surface area contributed by atoms with Crippen LogP contribution in [0.5, 0.6) is 0 Å². The molecule has 0 saturated heterocycles. The van der Waals surface area contributed by atoms with Crippen LogP contribution in [0.25, 0.3) is 11.0 Å². The molecule has 3 heterocycles. The zero-order valence-corrected chi connectivity index (χ0v) is 20.0. The lowest BCUT2D eigenvalue weighted by Gasteiger charge is -2.08. The highest BCUT2D eigenvalue weighted by Gasteiger charge is 2.28. The summed E-state index contributed by atoms with van der Waals surface area (Å²) in [7, 11) is 0. The summed E-state index contributed by atoms with van der Waals surface area (Å²) in [6.07, 6.45) is 4.26. The molecule has 1 amide bonds. The molecule has 4 aromatic rings. The van der Waals surface area contributed by atoms with Crippen LogP contribution >= 0.6 is 15.9 Å². The van der Waals surface area contributed by atoms with Crippen molar-refractivity contribution in [3.05, 3.63) is 69.2 Å². The van der Waals surface area contributed by atoms with Crippen molar-refractivity contribution < 1.29 is 4.79 Å². The molecule has 5 rings (SSSR count). The van der Waals surface area contributed by atoms with Crippen LogP contribution in [-0.4, -0.2) is 30.5 Å². The Morgan fingerprint density at radius 3 is 2.50 bits per heavy atom. The highest BCUT2D eigenvalue weighted by Crippen LogP contribution is 2.43. The number of aromatic nitrogens is 5. The largest absolute Gasteiger partial charge is 0.321 e. The predicted octanol–water partition coefficient (Wildman–Crippen LogP) is 4.88. The third-order valence-electron chi connectivity index (χ3n) is 6.04. The number of nitrogens with one attached hydrogen (secondary N) is 1. The third kappa shape index (κ3) is 3.95. The van der Waals surface area contributed by atoms with Crippen LogP contribution in [0.2, 0.25) is 0 Å². The van der Waals surface area contributed by atoms with Crippen molar-refractivity contribution in [3.63, 3.8) is 0 Å². The Bertz CT molecular complexity index is 1320. The summed E-state index contributed by atoms with van der Waals surface area (Å²) in [6.45, 7) is 6.64. The number of pyridine rings is 1. The average molecular weight is 493 g/mol. The molecule has 7 nitrogen and oxygen atoms in total. The number of rotatable bonds is 6. The molecule has 1 saturated carbocycles. The first-order valence-corrected chi connectivity index (χ1v) is 11.6. The van der Waals surface area contributed by atoms with Gasteiger partial charge < -0.3 is 5.32 Å². The van der Waals surface area contributed by atoms with E-state index in [4.69, 9.17) is 0 Å². The van der Waals surface area contributed by atoms with Crippen molar-refractivity contribution in [2.24, 2.45) is 0 Å². The van der Waals surface area contributed by atoms with Gasteiger partial charge in [0.2, 0.25) is 5.91 Å².